The quantitative estimate of drug-likeness (QED) is 0.376. The Morgan fingerprint density at radius 1 is 0.967 bits per heavy atom. The Bertz CT molecular complexity index is 1250. The second-order valence-electron chi connectivity index (χ2n) is 6.62. The number of thioether (sulfide) groups is 1. The molecule has 0 saturated heterocycles. The van der Waals surface area contributed by atoms with Crippen molar-refractivity contribution in [2.75, 3.05) is 0 Å². The maximum atomic E-state index is 13.2. The number of hydrogen-bond acceptors (Lipinski definition) is 5. The molecule has 4 aromatic rings. The molecule has 6 nitrogen and oxygen atoms in total. The molecular formula is C23H19N3O3S. The summed E-state index contributed by atoms with van der Waals surface area (Å²) in [5, 5.41) is 0.366. The predicted octanol–water partition coefficient (Wildman–Crippen LogP) is 4.14. The van der Waals surface area contributed by atoms with Gasteiger partial charge in [0.05, 0.1) is 21.8 Å². The zero-order valence-electron chi connectivity index (χ0n) is 16.2. The average molecular weight is 417 g/mol. The van der Waals surface area contributed by atoms with Crippen LogP contribution < -0.4 is 16.0 Å². The number of aromatic nitrogens is 2. The maximum absolute atomic E-state index is 13.2. The van der Waals surface area contributed by atoms with Gasteiger partial charge in [0.25, 0.3) is 5.56 Å². The number of carbonyl (C=O) groups excluding carboxylic acids is 1. The van der Waals surface area contributed by atoms with E-state index in [9.17, 15) is 9.59 Å². The molecule has 1 aromatic heterocycles. The molecule has 0 saturated carbocycles. The van der Waals surface area contributed by atoms with E-state index >= 15 is 0 Å². The molecule has 0 aliphatic heterocycles. The Morgan fingerprint density at radius 2 is 1.60 bits per heavy atom. The van der Waals surface area contributed by atoms with Crippen molar-refractivity contribution in [3.63, 3.8) is 0 Å². The third-order valence-corrected chi connectivity index (χ3v) is 5.57. The van der Waals surface area contributed by atoms with Crippen LogP contribution in [0.1, 0.15) is 6.92 Å². The molecule has 7 heteroatoms. The van der Waals surface area contributed by atoms with E-state index in [0.29, 0.717) is 27.5 Å². The molecule has 1 amide bonds. The van der Waals surface area contributed by atoms with Gasteiger partial charge >= 0.3 is 0 Å². The van der Waals surface area contributed by atoms with Crippen LogP contribution in [0.25, 0.3) is 16.6 Å². The molecule has 0 spiro atoms. The first kappa shape index (κ1) is 19.7. The summed E-state index contributed by atoms with van der Waals surface area (Å²) in [5.74, 6) is 0.897. The first-order chi connectivity index (χ1) is 14.5. The van der Waals surface area contributed by atoms with Crippen molar-refractivity contribution in [1.29, 1.82) is 0 Å². The lowest BCUT2D eigenvalue weighted by Crippen LogP contribution is -2.26. The van der Waals surface area contributed by atoms with E-state index in [1.807, 2.05) is 36.4 Å². The van der Waals surface area contributed by atoms with E-state index < -0.39 is 11.2 Å². The van der Waals surface area contributed by atoms with Crippen molar-refractivity contribution in [2.45, 2.75) is 17.3 Å². The molecular weight excluding hydrogens is 398 g/mol. The van der Waals surface area contributed by atoms with Gasteiger partial charge in [-0.2, -0.15) is 0 Å². The Labute approximate surface area is 177 Å². The summed E-state index contributed by atoms with van der Waals surface area (Å²) in [4.78, 5) is 29.4. The standard InChI is InChI=1S/C23H19N3O3S/c1-15(21(24)27)30-23-25-20-10-6-5-9-19(20)22(28)26(23)16-11-13-18(14-12-16)29-17-7-3-2-4-8-17/h2-15H,1H3,(H2,24,27)/t15-/m1/s1. The number of primary amides is 1. The van der Waals surface area contributed by atoms with Gasteiger partial charge in [-0.15, -0.1) is 0 Å². The molecule has 0 aliphatic carbocycles. The lowest BCUT2D eigenvalue weighted by molar-refractivity contribution is -0.117. The second-order valence-corrected chi connectivity index (χ2v) is 7.93. The predicted molar refractivity (Wildman–Crippen MR) is 118 cm³/mol. The number of fused-ring (bicyclic) bond motifs is 1. The van der Waals surface area contributed by atoms with Gasteiger partial charge in [0.2, 0.25) is 5.91 Å². The summed E-state index contributed by atoms with van der Waals surface area (Å²) in [6.07, 6.45) is 0. The van der Waals surface area contributed by atoms with Crippen LogP contribution in [-0.4, -0.2) is 20.7 Å². The number of ether oxygens (including phenoxy) is 1. The zero-order chi connectivity index (χ0) is 21.1. The van der Waals surface area contributed by atoms with Crippen LogP contribution in [0.4, 0.5) is 0 Å². The van der Waals surface area contributed by atoms with Crippen molar-refractivity contribution in [1.82, 2.24) is 9.55 Å². The van der Waals surface area contributed by atoms with Gasteiger partial charge in [-0.25, -0.2) is 4.98 Å². The molecule has 1 heterocycles. The van der Waals surface area contributed by atoms with Crippen LogP contribution in [0.5, 0.6) is 11.5 Å². The highest BCUT2D eigenvalue weighted by Gasteiger charge is 2.18. The Balaban J connectivity index is 1.77. The summed E-state index contributed by atoms with van der Waals surface area (Å²) in [6.45, 7) is 1.69. The van der Waals surface area contributed by atoms with Gasteiger partial charge in [-0.1, -0.05) is 42.1 Å². The Morgan fingerprint density at radius 3 is 2.30 bits per heavy atom. The summed E-state index contributed by atoms with van der Waals surface area (Å²) in [6, 6.07) is 23.7. The highest BCUT2D eigenvalue weighted by atomic mass is 32.2. The number of nitrogens with zero attached hydrogens (tertiary/aromatic N) is 2. The van der Waals surface area contributed by atoms with Gasteiger partial charge in [0.15, 0.2) is 5.16 Å². The monoisotopic (exact) mass is 417 g/mol. The van der Waals surface area contributed by atoms with Gasteiger partial charge in [-0.05, 0) is 55.5 Å². The van der Waals surface area contributed by atoms with Crippen molar-refractivity contribution in [3.05, 3.63) is 89.2 Å². The minimum Gasteiger partial charge on any atom is -0.457 e. The maximum Gasteiger partial charge on any atom is 0.266 e. The Hall–Kier alpha value is -3.58. The fraction of sp³-hybridized carbons (Fsp3) is 0.0870. The van der Waals surface area contributed by atoms with Gasteiger partial charge in [0.1, 0.15) is 11.5 Å². The van der Waals surface area contributed by atoms with Crippen LogP contribution >= 0.6 is 11.8 Å². The summed E-state index contributed by atoms with van der Waals surface area (Å²) >= 11 is 1.16. The molecule has 4 rings (SSSR count). The number of benzene rings is 3. The number of hydrogen-bond donors (Lipinski definition) is 1. The number of carbonyl (C=O) groups is 1. The fourth-order valence-corrected chi connectivity index (χ4v) is 3.80. The number of para-hydroxylation sites is 2. The minimum atomic E-state index is -0.537. The summed E-state index contributed by atoms with van der Waals surface area (Å²) in [5.41, 5.74) is 6.41. The van der Waals surface area contributed by atoms with Crippen LogP contribution in [-0.2, 0) is 4.79 Å². The molecule has 30 heavy (non-hydrogen) atoms. The van der Waals surface area contributed by atoms with Crippen molar-refractivity contribution in [3.8, 4) is 17.2 Å². The lowest BCUT2D eigenvalue weighted by atomic mass is 10.2. The van der Waals surface area contributed by atoms with E-state index in [2.05, 4.69) is 4.98 Å². The third kappa shape index (κ3) is 4.06. The van der Waals surface area contributed by atoms with Crippen LogP contribution in [0.15, 0.2) is 88.8 Å². The van der Waals surface area contributed by atoms with Gasteiger partial charge in [-0.3, -0.25) is 14.2 Å². The molecule has 0 radical (unpaired) electrons. The van der Waals surface area contributed by atoms with E-state index in [0.717, 1.165) is 17.5 Å². The highest BCUT2D eigenvalue weighted by molar-refractivity contribution is 8.00. The smallest absolute Gasteiger partial charge is 0.266 e. The first-order valence-corrected chi connectivity index (χ1v) is 10.2. The lowest BCUT2D eigenvalue weighted by Gasteiger charge is -2.15. The largest absolute Gasteiger partial charge is 0.457 e. The van der Waals surface area contributed by atoms with Gasteiger partial charge in [0, 0.05) is 0 Å². The summed E-state index contributed by atoms with van der Waals surface area (Å²) in [7, 11) is 0. The molecule has 150 valence electrons. The molecule has 0 unspecified atom stereocenters. The second kappa shape index (κ2) is 8.42. The zero-order valence-corrected chi connectivity index (χ0v) is 17.0. The summed E-state index contributed by atoms with van der Waals surface area (Å²) < 4.78 is 7.33. The molecule has 2 N–H and O–H groups in total. The minimum absolute atomic E-state index is 0.212. The van der Waals surface area contributed by atoms with E-state index in [1.54, 1.807) is 49.4 Å². The van der Waals surface area contributed by atoms with Crippen LogP contribution in [0.3, 0.4) is 0 Å². The highest BCUT2D eigenvalue weighted by Crippen LogP contribution is 2.27. The van der Waals surface area contributed by atoms with E-state index in [1.165, 1.54) is 4.57 Å². The number of amides is 1. The normalized spacial score (nSPS) is 11.9. The fourth-order valence-electron chi connectivity index (χ4n) is 2.92. The topological polar surface area (TPSA) is 87.2 Å². The van der Waals surface area contributed by atoms with Gasteiger partial charge < -0.3 is 10.5 Å². The Kier molecular flexibility index (Phi) is 5.54. The van der Waals surface area contributed by atoms with Crippen molar-refractivity contribution >= 4 is 28.6 Å². The average Bonchev–Trinajstić information content (AvgIpc) is 2.75. The van der Waals surface area contributed by atoms with Crippen molar-refractivity contribution in [2.24, 2.45) is 5.73 Å². The molecule has 0 fully saturated rings. The number of nitrogens with two attached hydrogens (primary N) is 1. The van der Waals surface area contributed by atoms with E-state index in [4.69, 9.17) is 10.5 Å². The first-order valence-electron chi connectivity index (χ1n) is 9.34. The molecule has 3 aromatic carbocycles. The molecule has 0 aliphatic rings. The van der Waals surface area contributed by atoms with E-state index in [-0.39, 0.29) is 5.56 Å². The number of rotatable bonds is 6. The van der Waals surface area contributed by atoms with Crippen LogP contribution in [0.2, 0.25) is 0 Å². The van der Waals surface area contributed by atoms with Crippen LogP contribution in [0, 0.1) is 0 Å². The SMILES string of the molecule is C[C@@H](Sc1nc2ccccc2c(=O)n1-c1ccc(Oc2ccccc2)cc1)C(N)=O. The molecule has 1 atom stereocenters. The third-order valence-electron chi connectivity index (χ3n) is 4.50. The van der Waals surface area contributed by atoms with Crippen molar-refractivity contribution < 1.29 is 9.53 Å². The molecule has 0 bridgehead atoms.